The first-order chi connectivity index (χ1) is 12.8. The number of nitrogen functional groups attached to an aromatic ring is 1. The first-order valence-electron chi connectivity index (χ1n) is 8.01. The Morgan fingerprint density at radius 2 is 2.07 bits per heavy atom. The third-order valence-corrected chi connectivity index (χ3v) is 4.38. The molecule has 1 aliphatic rings. The summed E-state index contributed by atoms with van der Waals surface area (Å²) in [5.41, 5.74) is 6.40. The molecule has 0 aliphatic carbocycles. The highest BCUT2D eigenvalue weighted by Crippen LogP contribution is 2.30. The molecule has 2 amide bonds. The van der Waals surface area contributed by atoms with Gasteiger partial charge >= 0.3 is 0 Å². The lowest BCUT2D eigenvalue weighted by Gasteiger charge is -2.29. The van der Waals surface area contributed by atoms with Crippen LogP contribution in [0.1, 0.15) is 10.4 Å². The number of nitrogens with zero attached hydrogens (tertiary/aromatic N) is 2. The summed E-state index contributed by atoms with van der Waals surface area (Å²) in [6.07, 6.45) is 0. The minimum absolute atomic E-state index is 0.0190. The van der Waals surface area contributed by atoms with Crippen molar-refractivity contribution in [2.45, 2.75) is 0 Å². The summed E-state index contributed by atoms with van der Waals surface area (Å²) in [6, 6.07) is 8.75. The fourth-order valence-electron chi connectivity index (χ4n) is 2.73. The van der Waals surface area contributed by atoms with Gasteiger partial charge in [0.05, 0.1) is 22.2 Å². The second-order valence-corrected chi connectivity index (χ2v) is 6.33. The highest BCUT2D eigenvalue weighted by Gasteiger charge is 2.20. The van der Waals surface area contributed by atoms with Crippen molar-refractivity contribution in [1.82, 2.24) is 5.32 Å². The fourth-order valence-corrected chi connectivity index (χ4v) is 3.03. The van der Waals surface area contributed by atoms with Gasteiger partial charge in [0.2, 0.25) is 5.91 Å². The number of piperazine rings is 1. The van der Waals surface area contributed by atoms with E-state index in [-0.39, 0.29) is 29.4 Å². The fraction of sp³-hybridized carbons (Fsp3) is 0.176. The predicted octanol–water partition coefficient (Wildman–Crippen LogP) is 2.02. The van der Waals surface area contributed by atoms with Crippen LogP contribution < -0.4 is 21.3 Å². The average Bonchev–Trinajstić information content (AvgIpc) is 2.62. The molecule has 1 aliphatic heterocycles. The van der Waals surface area contributed by atoms with Gasteiger partial charge in [0, 0.05) is 30.4 Å². The highest BCUT2D eigenvalue weighted by atomic mass is 35.5. The van der Waals surface area contributed by atoms with Crippen molar-refractivity contribution in [1.29, 1.82) is 0 Å². The maximum absolute atomic E-state index is 12.4. The van der Waals surface area contributed by atoms with Gasteiger partial charge in [-0.1, -0.05) is 11.6 Å². The molecule has 0 aromatic heterocycles. The number of benzene rings is 2. The number of amides is 2. The van der Waals surface area contributed by atoms with Crippen LogP contribution in [0.5, 0.6) is 0 Å². The molecule has 1 saturated heterocycles. The Balaban J connectivity index is 1.77. The number of hydrogen-bond acceptors (Lipinski definition) is 6. The van der Waals surface area contributed by atoms with Crippen LogP contribution in [0.4, 0.5) is 22.7 Å². The molecule has 0 radical (unpaired) electrons. The van der Waals surface area contributed by atoms with Crippen molar-refractivity contribution in [3.8, 4) is 0 Å². The molecule has 0 bridgehead atoms. The third kappa shape index (κ3) is 4.09. The number of carbonyl (C=O) groups excluding carboxylic acids is 2. The number of anilines is 3. The second kappa shape index (κ2) is 7.50. The molecule has 2 aromatic rings. The summed E-state index contributed by atoms with van der Waals surface area (Å²) in [6.45, 7) is 1.37. The van der Waals surface area contributed by atoms with Crippen LogP contribution in [-0.4, -0.2) is 36.4 Å². The van der Waals surface area contributed by atoms with E-state index in [1.54, 1.807) is 18.2 Å². The van der Waals surface area contributed by atoms with E-state index in [2.05, 4.69) is 10.6 Å². The van der Waals surface area contributed by atoms with Gasteiger partial charge in [-0.2, -0.15) is 0 Å². The third-order valence-electron chi connectivity index (χ3n) is 4.07. The summed E-state index contributed by atoms with van der Waals surface area (Å²) < 4.78 is 0. The first kappa shape index (κ1) is 18.5. The highest BCUT2D eigenvalue weighted by molar-refractivity contribution is 6.33. The van der Waals surface area contributed by atoms with E-state index in [1.807, 2.05) is 4.90 Å². The normalized spacial score (nSPS) is 13.8. The molecule has 3 rings (SSSR count). The van der Waals surface area contributed by atoms with Crippen molar-refractivity contribution in [2.75, 3.05) is 35.6 Å². The molecule has 0 atom stereocenters. The van der Waals surface area contributed by atoms with E-state index in [0.717, 1.165) is 6.07 Å². The van der Waals surface area contributed by atoms with Crippen molar-refractivity contribution < 1.29 is 14.5 Å². The number of nitrogens with one attached hydrogen (secondary N) is 2. The lowest BCUT2D eigenvalue weighted by atomic mass is 10.1. The SMILES string of the molecule is Nc1ccc(C(=O)Nc2ccc(N3CCNC(=O)C3)c(Cl)c2)cc1[N+](=O)[O-]. The van der Waals surface area contributed by atoms with Gasteiger partial charge in [-0.05, 0) is 30.3 Å². The maximum atomic E-state index is 12.4. The van der Waals surface area contributed by atoms with E-state index >= 15 is 0 Å². The number of nitro benzene ring substituents is 1. The minimum Gasteiger partial charge on any atom is -0.393 e. The number of halogens is 1. The molecule has 0 unspecified atom stereocenters. The van der Waals surface area contributed by atoms with E-state index in [9.17, 15) is 19.7 Å². The maximum Gasteiger partial charge on any atom is 0.292 e. The van der Waals surface area contributed by atoms with Crippen LogP contribution in [0.15, 0.2) is 36.4 Å². The van der Waals surface area contributed by atoms with Gasteiger partial charge in [-0.3, -0.25) is 19.7 Å². The summed E-state index contributed by atoms with van der Waals surface area (Å²) in [4.78, 5) is 36.0. The molecule has 10 heteroatoms. The molecule has 27 heavy (non-hydrogen) atoms. The zero-order valence-corrected chi connectivity index (χ0v) is 14.8. The smallest absolute Gasteiger partial charge is 0.292 e. The zero-order valence-electron chi connectivity index (χ0n) is 14.1. The Bertz CT molecular complexity index is 934. The molecule has 4 N–H and O–H groups in total. The zero-order chi connectivity index (χ0) is 19.6. The second-order valence-electron chi connectivity index (χ2n) is 5.92. The van der Waals surface area contributed by atoms with Crippen molar-refractivity contribution >= 4 is 46.2 Å². The van der Waals surface area contributed by atoms with Gasteiger partial charge in [0.1, 0.15) is 5.69 Å². The van der Waals surface area contributed by atoms with Crippen LogP contribution in [-0.2, 0) is 4.79 Å². The standard InChI is InChI=1S/C17H16ClN5O4/c18-12-8-11(2-4-14(12)22-6-5-20-16(24)9-22)21-17(25)10-1-3-13(19)15(7-10)23(26)27/h1-4,7-8H,5-6,9,19H2,(H,20,24)(H,21,25). The van der Waals surface area contributed by atoms with E-state index < -0.39 is 10.8 Å². The van der Waals surface area contributed by atoms with Crippen LogP contribution >= 0.6 is 11.6 Å². The Morgan fingerprint density at radius 1 is 1.30 bits per heavy atom. The lowest BCUT2D eigenvalue weighted by Crippen LogP contribution is -2.47. The van der Waals surface area contributed by atoms with E-state index in [1.165, 1.54) is 12.1 Å². The summed E-state index contributed by atoms with van der Waals surface area (Å²) in [5, 5.41) is 16.7. The molecule has 0 spiro atoms. The Labute approximate surface area is 159 Å². The molecule has 140 valence electrons. The lowest BCUT2D eigenvalue weighted by molar-refractivity contribution is -0.383. The van der Waals surface area contributed by atoms with Crippen LogP contribution in [0.3, 0.4) is 0 Å². The quantitative estimate of drug-likeness (QED) is 0.416. The van der Waals surface area contributed by atoms with Gasteiger partial charge in [0.25, 0.3) is 11.6 Å². The molecule has 2 aromatic carbocycles. The topological polar surface area (TPSA) is 131 Å². The Kier molecular flexibility index (Phi) is 5.13. The molecular weight excluding hydrogens is 374 g/mol. The Morgan fingerprint density at radius 3 is 2.74 bits per heavy atom. The minimum atomic E-state index is -0.646. The molecular formula is C17H16ClN5O4. The monoisotopic (exact) mass is 389 g/mol. The molecule has 1 heterocycles. The summed E-state index contributed by atoms with van der Waals surface area (Å²) >= 11 is 6.30. The largest absolute Gasteiger partial charge is 0.393 e. The Hall–Kier alpha value is -3.33. The van der Waals surface area contributed by atoms with Crippen LogP contribution in [0.25, 0.3) is 0 Å². The number of nitro groups is 1. The van der Waals surface area contributed by atoms with Crippen LogP contribution in [0, 0.1) is 10.1 Å². The van der Waals surface area contributed by atoms with E-state index in [0.29, 0.717) is 29.5 Å². The predicted molar refractivity (Wildman–Crippen MR) is 102 cm³/mol. The van der Waals surface area contributed by atoms with Crippen LogP contribution in [0.2, 0.25) is 5.02 Å². The molecule has 9 nitrogen and oxygen atoms in total. The van der Waals surface area contributed by atoms with Crippen molar-refractivity contribution in [2.24, 2.45) is 0 Å². The number of hydrogen-bond donors (Lipinski definition) is 3. The van der Waals surface area contributed by atoms with Gasteiger partial charge in [0.15, 0.2) is 0 Å². The number of rotatable bonds is 4. The first-order valence-corrected chi connectivity index (χ1v) is 8.39. The molecule has 1 fully saturated rings. The number of carbonyl (C=O) groups is 2. The van der Waals surface area contributed by atoms with Gasteiger partial charge in [-0.25, -0.2) is 0 Å². The number of nitrogens with two attached hydrogens (primary N) is 1. The summed E-state index contributed by atoms with van der Waals surface area (Å²) in [7, 11) is 0. The van der Waals surface area contributed by atoms with E-state index in [4.69, 9.17) is 17.3 Å². The van der Waals surface area contributed by atoms with Crippen molar-refractivity contribution in [3.05, 3.63) is 57.1 Å². The average molecular weight is 390 g/mol. The van der Waals surface area contributed by atoms with Crippen molar-refractivity contribution in [3.63, 3.8) is 0 Å². The van der Waals surface area contributed by atoms with Gasteiger partial charge < -0.3 is 21.3 Å². The molecule has 0 saturated carbocycles. The van der Waals surface area contributed by atoms with Gasteiger partial charge in [-0.15, -0.1) is 0 Å². The summed E-state index contributed by atoms with van der Waals surface area (Å²) in [5.74, 6) is -0.612.